The molecule has 1 fully saturated rings. The summed E-state index contributed by atoms with van der Waals surface area (Å²) in [5.74, 6) is 0.125. The number of nitrogens with zero attached hydrogens (tertiary/aromatic N) is 5. The van der Waals surface area contributed by atoms with Crippen molar-refractivity contribution in [3.05, 3.63) is 52.9 Å². The number of sulfonamides is 1. The molecule has 0 spiro atoms. The molecule has 2 aromatic heterocycles. The molecule has 1 aliphatic carbocycles. The normalized spacial score (nSPS) is 24.0. The van der Waals surface area contributed by atoms with E-state index in [9.17, 15) is 8.42 Å². The first kappa shape index (κ1) is 18.7. The Morgan fingerprint density at radius 1 is 1.17 bits per heavy atom. The van der Waals surface area contributed by atoms with Crippen LogP contribution in [0.25, 0.3) is 6.08 Å². The molecule has 1 unspecified atom stereocenters. The number of pyridine rings is 1. The van der Waals surface area contributed by atoms with E-state index in [2.05, 4.69) is 45.0 Å². The first-order chi connectivity index (χ1) is 13.9. The first-order valence-electron chi connectivity index (χ1n) is 10.1. The Labute approximate surface area is 171 Å². The molecule has 7 nitrogen and oxygen atoms in total. The van der Waals surface area contributed by atoms with Crippen molar-refractivity contribution >= 4 is 21.8 Å². The van der Waals surface area contributed by atoms with Gasteiger partial charge in [0, 0.05) is 67.4 Å². The van der Waals surface area contributed by atoms with Crippen LogP contribution in [0.4, 0.5) is 5.69 Å². The fourth-order valence-corrected chi connectivity index (χ4v) is 5.73. The van der Waals surface area contributed by atoms with Gasteiger partial charge in [-0.3, -0.25) is 4.98 Å². The Kier molecular flexibility index (Phi) is 4.43. The van der Waals surface area contributed by atoms with Crippen LogP contribution in [0.2, 0.25) is 0 Å². The largest absolute Gasteiger partial charge is 0.363 e. The lowest BCUT2D eigenvalue weighted by atomic mass is 9.92. The molecule has 0 N–H and O–H groups in total. The van der Waals surface area contributed by atoms with Crippen LogP contribution in [-0.2, 0) is 29.4 Å². The molecule has 2 aliphatic heterocycles. The van der Waals surface area contributed by atoms with E-state index in [1.807, 2.05) is 6.20 Å². The summed E-state index contributed by atoms with van der Waals surface area (Å²) >= 11 is 0. The summed E-state index contributed by atoms with van der Waals surface area (Å²) in [6.07, 6.45) is 11.7. The molecule has 8 heteroatoms. The van der Waals surface area contributed by atoms with E-state index in [0.717, 1.165) is 42.9 Å². The van der Waals surface area contributed by atoms with Gasteiger partial charge in [0.2, 0.25) is 10.0 Å². The topological polar surface area (TPSA) is 79.3 Å². The minimum atomic E-state index is -3.17. The van der Waals surface area contributed by atoms with Crippen molar-refractivity contribution in [1.82, 2.24) is 19.3 Å². The number of rotatable bonds is 3. The van der Waals surface area contributed by atoms with Gasteiger partial charge in [0.1, 0.15) is 6.33 Å². The van der Waals surface area contributed by atoms with Crippen molar-refractivity contribution < 1.29 is 8.42 Å². The number of hydrogen-bond acceptors (Lipinski definition) is 6. The van der Waals surface area contributed by atoms with Crippen LogP contribution in [-0.4, -0.2) is 53.1 Å². The van der Waals surface area contributed by atoms with Crippen LogP contribution < -0.4 is 4.90 Å². The van der Waals surface area contributed by atoms with Gasteiger partial charge >= 0.3 is 0 Å². The minimum absolute atomic E-state index is 0.125. The lowest BCUT2D eigenvalue weighted by Gasteiger charge is -2.38. The SMILES string of the molecule is C[C@@H]1Cc2ncnc(C3CCN(S(C)(=O)=O)C3)c2CN1c1ccnc2c1C=CC2. The highest BCUT2D eigenvalue weighted by molar-refractivity contribution is 7.88. The van der Waals surface area contributed by atoms with Crippen molar-refractivity contribution in [3.8, 4) is 0 Å². The van der Waals surface area contributed by atoms with Crippen LogP contribution in [0, 0.1) is 0 Å². The van der Waals surface area contributed by atoms with Crippen LogP contribution in [0.5, 0.6) is 0 Å². The van der Waals surface area contributed by atoms with Crippen LogP contribution in [0.3, 0.4) is 0 Å². The Balaban J connectivity index is 1.50. The zero-order chi connectivity index (χ0) is 20.2. The fraction of sp³-hybridized carbons (Fsp3) is 0.476. The van der Waals surface area contributed by atoms with E-state index >= 15 is 0 Å². The average molecular weight is 412 g/mol. The number of allylic oxidation sites excluding steroid dienone is 1. The van der Waals surface area contributed by atoms with Gasteiger partial charge in [-0.1, -0.05) is 12.2 Å². The van der Waals surface area contributed by atoms with E-state index in [1.54, 1.807) is 10.6 Å². The average Bonchev–Trinajstić information content (AvgIpc) is 3.36. The smallest absolute Gasteiger partial charge is 0.211 e. The molecule has 0 bridgehead atoms. The maximum absolute atomic E-state index is 12.0. The molecule has 4 heterocycles. The van der Waals surface area contributed by atoms with Crippen molar-refractivity contribution in [2.45, 2.75) is 44.7 Å². The summed E-state index contributed by atoms with van der Waals surface area (Å²) in [6.45, 7) is 4.04. The maximum Gasteiger partial charge on any atom is 0.211 e. The van der Waals surface area contributed by atoms with Gasteiger partial charge < -0.3 is 4.90 Å². The number of fused-ring (bicyclic) bond motifs is 2. The van der Waals surface area contributed by atoms with Crippen LogP contribution >= 0.6 is 0 Å². The quantitative estimate of drug-likeness (QED) is 0.770. The van der Waals surface area contributed by atoms with Crippen molar-refractivity contribution in [1.29, 1.82) is 0 Å². The Morgan fingerprint density at radius 3 is 2.83 bits per heavy atom. The van der Waals surface area contributed by atoms with Crippen molar-refractivity contribution in [2.75, 3.05) is 24.2 Å². The second kappa shape index (κ2) is 6.88. The highest BCUT2D eigenvalue weighted by Gasteiger charge is 2.35. The standard InChI is InChI=1S/C21H25N5O2S/c1-14-10-19-17(12-26(14)20-6-8-22-18-5-3-4-16(18)20)21(24-13-23-19)15-7-9-25(11-15)29(2,27)28/h3-4,6,8,13-15H,5,7,9-12H2,1-2H3/t14-,15?/m1/s1. The van der Waals surface area contributed by atoms with Crippen LogP contribution in [0.15, 0.2) is 24.7 Å². The van der Waals surface area contributed by atoms with Gasteiger partial charge in [0.25, 0.3) is 0 Å². The third-order valence-electron chi connectivity index (χ3n) is 6.38. The third kappa shape index (κ3) is 3.24. The number of aromatic nitrogens is 3. The molecule has 0 amide bonds. The summed E-state index contributed by atoms with van der Waals surface area (Å²) < 4.78 is 25.5. The van der Waals surface area contributed by atoms with Gasteiger partial charge in [-0.2, -0.15) is 0 Å². The molecule has 2 aromatic rings. The minimum Gasteiger partial charge on any atom is -0.363 e. The predicted molar refractivity (Wildman–Crippen MR) is 112 cm³/mol. The van der Waals surface area contributed by atoms with Gasteiger partial charge in [-0.15, -0.1) is 0 Å². The summed E-state index contributed by atoms with van der Waals surface area (Å²) in [4.78, 5) is 16.1. The van der Waals surface area contributed by atoms with E-state index < -0.39 is 10.0 Å². The maximum atomic E-state index is 12.0. The fourth-order valence-electron chi connectivity index (χ4n) is 4.84. The second-order valence-corrected chi connectivity index (χ2v) is 10.3. The molecule has 5 rings (SSSR count). The van der Waals surface area contributed by atoms with Crippen molar-refractivity contribution in [2.24, 2.45) is 0 Å². The van der Waals surface area contributed by atoms with Crippen LogP contribution in [0.1, 0.15) is 47.5 Å². The zero-order valence-electron chi connectivity index (χ0n) is 16.7. The van der Waals surface area contributed by atoms with E-state index in [1.165, 1.54) is 23.1 Å². The Morgan fingerprint density at radius 2 is 2.03 bits per heavy atom. The zero-order valence-corrected chi connectivity index (χ0v) is 17.6. The molecule has 0 radical (unpaired) electrons. The molecule has 2 atom stereocenters. The molecule has 0 saturated carbocycles. The summed E-state index contributed by atoms with van der Waals surface area (Å²) in [5, 5.41) is 0. The molecule has 152 valence electrons. The summed E-state index contributed by atoms with van der Waals surface area (Å²) in [7, 11) is -3.17. The molecule has 29 heavy (non-hydrogen) atoms. The van der Waals surface area contributed by atoms with Gasteiger partial charge in [-0.25, -0.2) is 22.7 Å². The lowest BCUT2D eigenvalue weighted by molar-refractivity contribution is 0.476. The summed E-state index contributed by atoms with van der Waals surface area (Å²) in [5.41, 5.74) is 6.83. The molecule has 3 aliphatic rings. The second-order valence-electron chi connectivity index (χ2n) is 8.27. The highest BCUT2D eigenvalue weighted by atomic mass is 32.2. The molecule has 1 saturated heterocycles. The molecular formula is C21H25N5O2S. The van der Waals surface area contributed by atoms with E-state index in [-0.39, 0.29) is 5.92 Å². The van der Waals surface area contributed by atoms with Gasteiger partial charge in [-0.05, 0) is 19.4 Å². The number of hydrogen-bond donors (Lipinski definition) is 0. The third-order valence-corrected chi connectivity index (χ3v) is 7.65. The molecular weight excluding hydrogens is 386 g/mol. The first-order valence-corrected chi connectivity index (χ1v) is 12.0. The predicted octanol–water partition coefficient (Wildman–Crippen LogP) is 2.14. The van der Waals surface area contributed by atoms with Crippen molar-refractivity contribution in [3.63, 3.8) is 0 Å². The highest BCUT2D eigenvalue weighted by Crippen LogP contribution is 2.37. The van der Waals surface area contributed by atoms with E-state index in [0.29, 0.717) is 19.1 Å². The molecule has 0 aromatic carbocycles. The Bertz CT molecular complexity index is 1100. The summed E-state index contributed by atoms with van der Waals surface area (Å²) in [6, 6.07) is 2.42. The van der Waals surface area contributed by atoms with Gasteiger partial charge in [0.15, 0.2) is 0 Å². The monoisotopic (exact) mass is 411 g/mol. The lowest BCUT2D eigenvalue weighted by Crippen LogP contribution is -2.40. The van der Waals surface area contributed by atoms with Gasteiger partial charge in [0.05, 0.1) is 23.3 Å². The van der Waals surface area contributed by atoms with E-state index in [4.69, 9.17) is 0 Å². The number of anilines is 1. The Hall–Kier alpha value is -2.32.